The predicted octanol–water partition coefficient (Wildman–Crippen LogP) is 3.53. The van der Waals surface area contributed by atoms with Gasteiger partial charge in [0.2, 0.25) is 0 Å². The first kappa shape index (κ1) is 15.9. The standard InChI is InChI=1S/C14H17F4NO2/c1-20-11-7-10(13(15)16)12(21-14(17)18)6-8(11)5-9-3-2-4-19-9/h6-7,9,13-14,19H,2-5H2,1H3/t9-/m0/s1. The summed E-state index contributed by atoms with van der Waals surface area (Å²) in [5.74, 6) is -0.227. The number of methoxy groups -OCH3 is 1. The molecule has 1 atom stereocenters. The molecule has 1 heterocycles. The summed E-state index contributed by atoms with van der Waals surface area (Å²) in [4.78, 5) is 0. The van der Waals surface area contributed by atoms with Crippen LogP contribution in [0.4, 0.5) is 17.6 Å². The summed E-state index contributed by atoms with van der Waals surface area (Å²) in [7, 11) is 1.36. The highest BCUT2D eigenvalue weighted by atomic mass is 19.3. The maximum atomic E-state index is 12.9. The Kier molecular flexibility index (Phi) is 5.27. The number of alkyl halides is 4. The number of rotatable bonds is 6. The minimum atomic E-state index is -3.15. The van der Waals surface area contributed by atoms with Gasteiger partial charge in [0.15, 0.2) is 0 Å². The molecule has 1 N–H and O–H groups in total. The normalized spacial score (nSPS) is 18.5. The molecule has 0 radical (unpaired) electrons. The second kappa shape index (κ2) is 6.98. The number of nitrogens with one attached hydrogen (secondary N) is 1. The molecule has 1 aromatic carbocycles. The molecule has 1 aliphatic heterocycles. The lowest BCUT2D eigenvalue weighted by atomic mass is 10.0. The fraction of sp³-hybridized carbons (Fsp3) is 0.571. The maximum Gasteiger partial charge on any atom is 0.387 e. The predicted molar refractivity (Wildman–Crippen MR) is 69.3 cm³/mol. The Labute approximate surface area is 120 Å². The highest BCUT2D eigenvalue weighted by molar-refractivity contribution is 5.47. The van der Waals surface area contributed by atoms with E-state index in [9.17, 15) is 17.6 Å². The van der Waals surface area contributed by atoms with E-state index in [0.717, 1.165) is 25.5 Å². The Hall–Kier alpha value is -1.50. The molecule has 1 fully saturated rings. The Morgan fingerprint density at radius 1 is 1.24 bits per heavy atom. The van der Waals surface area contributed by atoms with Crippen LogP contribution in [0.2, 0.25) is 0 Å². The van der Waals surface area contributed by atoms with Gasteiger partial charge in [-0.3, -0.25) is 0 Å². The van der Waals surface area contributed by atoms with Gasteiger partial charge < -0.3 is 14.8 Å². The molecule has 118 valence electrons. The van der Waals surface area contributed by atoms with Crippen LogP contribution in [0.25, 0.3) is 0 Å². The van der Waals surface area contributed by atoms with Gasteiger partial charge in [-0.15, -0.1) is 0 Å². The first-order valence-electron chi connectivity index (χ1n) is 6.68. The third-order valence-corrected chi connectivity index (χ3v) is 3.49. The molecule has 0 saturated carbocycles. The fourth-order valence-corrected chi connectivity index (χ4v) is 2.53. The summed E-state index contributed by atoms with van der Waals surface area (Å²) in [6.07, 6.45) is -0.411. The third-order valence-electron chi connectivity index (χ3n) is 3.49. The number of ether oxygens (including phenoxy) is 2. The lowest BCUT2D eigenvalue weighted by Crippen LogP contribution is -2.24. The molecule has 0 amide bonds. The molecular formula is C14H17F4NO2. The van der Waals surface area contributed by atoms with Gasteiger partial charge in [-0.2, -0.15) is 8.78 Å². The number of hydrogen-bond acceptors (Lipinski definition) is 3. The van der Waals surface area contributed by atoms with E-state index in [4.69, 9.17) is 4.74 Å². The average Bonchev–Trinajstić information content (AvgIpc) is 2.91. The quantitative estimate of drug-likeness (QED) is 0.816. The van der Waals surface area contributed by atoms with Crippen molar-refractivity contribution in [2.45, 2.75) is 38.3 Å². The average molecular weight is 307 g/mol. The molecule has 2 rings (SSSR count). The summed E-state index contributed by atoms with van der Waals surface area (Å²) in [6.45, 7) is -2.25. The zero-order valence-corrected chi connectivity index (χ0v) is 11.5. The molecule has 1 aliphatic rings. The summed E-state index contributed by atoms with van der Waals surface area (Å²) in [6, 6.07) is 2.50. The highest BCUT2D eigenvalue weighted by Crippen LogP contribution is 2.36. The zero-order chi connectivity index (χ0) is 15.4. The third kappa shape index (κ3) is 4.00. The molecule has 0 bridgehead atoms. The first-order chi connectivity index (χ1) is 10.0. The van der Waals surface area contributed by atoms with E-state index in [1.807, 2.05) is 0 Å². The van der Waals surface area contributed by atoms with Gasteiger partial charge in [0.1, 0.15) is 11.5 Å². The molecule has 0 spiro atoms. The van der Waals surface area contributed by atoms with E-state index in [0.29, 0.717) is 12.0 Å². The number of halogens is 4. The van der Waals surface area contributed by atoms with Crippen LogP contribution >= 0.6 is 0 Å². The molecule has 21 heavy (non-hydrogen) atoms. The van der Waals surface area contributed by atoms with E-state index >= 15 is 0 Å². The second-order valence-corrected chi connectivity index (χ2v) is 4.88. The Morgan fingerprint density at radius 2 is 2.00 bits per heavy atom. The van der Waals surface area contributed by atoms with Crippen molar-refractivity contribution in [3.05, 3.63) is 23.3 Å². The van der Waals surface area contributed by atoms with E-state index in [-0.39, 0.29) is 11.8 Å². The SMILES string of the molecule is COc1cc(C(F)F)c(OC(F)F)cc1C[C@@H]1CCCN1. The number of benzene rings is 1. The van der Waals surface area contributed by atoms with Crippen molar-refractivity contribution >= 4 is 0 Å². The lowest BCUT2D eigenvalue weighted by molar-refractivity contribution is -0.0520. The van der Waals surface area contributed by atoms with E-state index in [1.165, 1.54) is 13.2 Å². The van der Waals surface area contributed by atoms with Crippen LogP contribution in [0, 0.1) is 0 Å². The van der Waals surface area contributed by atoms with Crippen LogP contribution < -0.4 is 14.8 Å². The van der Waals surface area contributed by atoms with Crippen molar-refractivity contribution in [1.82, 2.24) is 5.32 Å². The van der Waals surface area contributed by atoms with E-state index < -0.39 is 24.3 Å². The van der Waals surface area contributed by atoms with Gasteiger partial charge in [-0.1, -0.05) is 0 Å². The van der Waals surface area contributed by atoms with Crippen LogP contribution in [0.3, 0.4) is 0 Å². The van der Waals surface area contributed by atoms with E-state index in [2.05, 4.69) is 10.1 Å². The topological polar surface area (TPSA) is 30.5 Å². The summed E-state index contributed by atoms with van der Waals surface area (Å²) in [5.41, 5.74) is -0.00719. The van der Waals surface area contributed by atoms with Crippen molar-refractivity contribution in [1.29, 1.82) is 0 Å². The van der Waals surface area contributed by atoms with Crippen LogP contribution in [0.15, 0.2) is 12.1 Å². The Morgan fingerprint density at radius 3 is 2.52 bits per heavy atom. The van der Waals surface area contributed by atoms with E-state index in [1.54, 1.807) is 0 Å². The number of hydrogen-bond donors (Lipinski definition) is 1. The minimum absolute atomic E-state index is 0.190. The van der Waals surface area contributed by atoms with Gasteiger partial charge in [-0.05, 0) is 43.5 Å². The van der Waals surface area contributed by atoms with Crippen molar-refractivity contribution in [3.8, 4) is 11.5 Å². The zero-order valence-electron chi connectivity index (χ0n) is 11.5. The lowest BCUT2D eigenvalue weighted by Gasteiger charge is -2.18. The monoisotopic (exact) mass is 307 g/mol. The van der Waals surface area contributed by atoms with Crippen molar-refractivity contribution in [3.63, 3.8) is 0 Å². The molecule has 3 nitrogen and oxygen atoms in total. The molecule has 7 heteroatoms. The minimum Gasteiger partial charge on any atom is -0.496 e. The Balaban J connectivity index is 2.32. The molecule has 0 aromatic heterocycles. The Bertz CT molecular complexity index is 476. The van der Waals surface area contributed by atoms with Crippen LogP contribution in [-0.4, -0.2) is 26.3 Å². The van der Waals surface area contributed by atoms with Crippen LogP contribution in [0.5, 0.6) is 11.5 Å². The molecule has 0 aliphatic carbocycles. The molecule has 1 saturated heterocycles. The van der Waals surface area contributed by atoms with Gasteiger partial charge in [-0.25, -0.2) is 8.78 Å². The summed E-state index contributed by atoms with van der Waals surface area (Å²) in [5, 5.41) is 3.26. The van der Waals surface area contributed by atoms with Gasteiger partial charge >= 0.3 is 6.61 Å². The molecule has 1 aromatic rings. The van der Waals surface area contributed by atoms with Gasteiger partial charge in [0.25, 0.3) is 6.43 Å². The van der Waals surface area contributed by atoms with Crippen LogP contribution in [0.1, 0.15) is 30.4 Å². The maximum absolute atomic E-state index is 12.9. The van der Waals surface area contributed by atoms with Crippen molar-refractivity contribution < 1.29 is 27.0 Å². The fourth-order valence-electron chi connectivity index (χ4n) is 2.53. The van der Waals surface area contributed by atoms with Crippen molar-refractivity contribution in [2.75, 3.05) is 13.7 Å². The second-order valence-electron chi connectivity index (χ2n) is 4.88. The van der Waals surface area contributed by atoms with Crippen LogP contribution in [-0.2, 0) is 6.42 Å². The summed E-state index contributed by atoms with van der Waals surface area (Å²) < 4.78 is 59.9. The largest absolute Gasteiger partial charge is 0.496 e. The van der Waals surface area contributed by atoms with Gasteiger partial charge in [0.05, 0.1) is 12.7 Å². The molecule has 0 unspecified atom stereocenters. The first-order valence-corrected chi connectivity index (χ1v) is 6.68. The summed E-state index contributed by atoms with van der Waals surface area (Å²) >= 11 is 0. The van der Waals surface area contributed by atoms with Gasteiger partial charge in [0, 0.05) is 6.04 Å². The highest BCUT2D eigenvalue weighted by Gasteiger charge is 2.23. The smallest absolute Gasteiger partial charge is 0.387 e. The molecular weight excluding hydrogens is 290 g/mol. The van der Waals surface area contributed by atoms with Crippen molar-refractivity contribution in [2.24, 2.45) is 0 Å².